The van der Waals surface area contributed by atoms with Crippen LogP contribution in [-0.4, -0.2) is 17.8 Å². The molecule has 1 rings (SSSR count). The zero-order valence-electron chi connectivity index (χ0n) is 8.33. The van der Waals surface area contributed by atoms with E-state index in [0.717, 1.165) is 18.0 Å². The average Bonchev–Trinajstić information content (AvgIpc) is 2.22. The number of hydrogen-bond donors (Lipinski definition) is 2. The molecule has 1 unspecified atom stereocenters. The van der Waals surface area contributed by atoms with Crippen molar-refractivity contribution in [1.29, 1.82) is 0 Å². The van der Waals surface area contributed by atoms with Crippen LogP contribution in [0.3, 0.4) is 0 Å². The molecule has 0 amide bonds. The van der Waals surface area contributed by atoms with Crippen molar-refractivity contribution >= 4 is 11.6 Å². The van der Waals surface area contributed by atoms with Crippen LogP contribution in [-0.2, 0) is 6.54 Å². The zero-order valence-corrected chi connectivity index (χ0v) is 9.09. The molecule has 0 spiro atoms. The molecule has 78 valence electrons. The highest BCUT2D eigenvalue weighted by molar-refractivity contribution is 6.30. The lowest BCUT2D eigenvalue weighted by Crippen LogP contribution is -2.31. The van der Waals surface area contributed by atoms with E-state index in [9.17, 15) is 0 Å². The van der Waals surface area contributed by atoms with Gasteiger partial charge >= 0.3 is 0 Å². The summed E-state index contributed by atoms with van der Waals surface area (Å²) in [7, 11) is 0. The quantitative estimate of drug-likeness (QED) is 0.786. The van der Waals surface area contributed by atoms with E-state index < -0.39 is 0 Å². The standard InChI is InChI=1S/C11H16ClNO/c1-2-11(8-14)13-7-9-3-5-10(12)6-4-9/h3-6,11,13-14H,2,7-8H2,1H3. The van der Waals surface area contributed by atoms with Crippen molar-refractivity contribution in [2.24, 2.45) is 0 Å². The van der Waals surface area contributed by atoms with Gasteiger partial charge in [0.2, 0.25) is 0 Å². The van der Waals surface area contributed by atoms with E-state index in [4.69, 9.17) is 16.7 Å². The molecule has 0 saturated heterocycles. The van der Waals surface area contributed by atoms with E-state index in [1.165, 1.54) is 5.56 Å². The zero-order chi connectivity index (χ0) is 10.4. The summed E-state index contributed by atoms with van der Waals surface area (Å²) >= 11 is 5.77. The lowest BCUT2D eigenvalue weighted by atomic mass is 10.2. The van der Waals surface area contributed by atoms with Gasteiger partial charge in [0.25, 0.3) is 0 Å². The number of benzene rings is 1. The fourth-order valence-corrected chi connectivity index (χ4v) is 1.33. The second-order valence-electron chi connectivity index (χ2n) is 3.30. The molecular weight excluding hydrogens is 198 g/mol. The number of aliphatic hydroxyl groups is 1. The Morgan fingerprint density at radius 3 is 2.50 bits per heavy atom. The normalized spacial score (nSPS) is 12.8. The molecule has 0 aromatic heterocycles. The van der Waals surface area contributed by atoms with Crippen LogP contribution in [0.25, 0.3) is 0 Å². The Hall–Kier alpha value is -0.570. The molecule has 3 heteroatoms. The SMILES string of the molecule is CCC(CO)NCc1ccc(Cl)cc1. The van der Waals surface area contributed by atoms with Gasteiger partial charge in [-0.25, -0.2) is 0 Å². The highest BCUT2D eigenvalue weighted by atomic mass is 35.5. The third-order valence-corrected chi connectivity index (χ3v) is 2.47. The summed E-state index contributed by atoms with van der Waals surface area (Å²) in [5.74, 6) is 0. The summed E-state index contributed by atoms with van der Waals surface area (Å²) < 4.78 is 0. The molecule has 0 radical (unpaired) electrons. The van der Waals surface area contributed by atoms with Crippen LogP contribution in [0, 0.1) is 0 Å². The van der Waals surface area contributed by atoms with Crippen molar-refractivity contribution in [2.45, 2.75) is 25.9 Å². The molecule has 0 bridgehead atoms. The minimum atomic E-state index is 0.185. The molecule has 1 aromatic carbocycles. The van der Waals surface area contributed by atoms with E-state index in [0.29, 0.717) is 0 Å². The summed E-state index contributed by atoms with van der Waals surface area (Å²) in [5, 5.41) is 13.0. The molecule has 0 fully saturated rings. The second kappa shape index (κ2) is 6.02. The van der Waals surface area contributed by atoms with E-state index in [1.54, 1.807) is 0 Å². The number of nitrogens with one attached hydrogen (secondary N) is 1. The van der Waals surface area contributed by atoms with Gasteiger partial charge in [0, 0.05) is 17.6 Å². The fraction of sp³-hybridized carbons (Fsp3) is 0.455. The number of hydrogen-bond acceptors (Lipinski definition) is 2. The Balaban J connectivity index is 2.41. The summed E-state index contributed by atoms with van der Waals surface area (Å²) in [6.07, 6.45) is 0.935. The van der Waals surface area contributed by atoms with Crippen LogP contribution in [0.15, 0.2) is 24.3 Å². The van der Waals surface area contributed by atoms with Crippen LogP contribution < -0.4 is 5.32 Å². The lowest BCUT2D eigenvalue weighted by molar-refractivity contribution is 0.238. The highest BCUT2D eigenvalue weighted by Crippen LogP contribution is 2.09. The number of aliphatic hydroxyl groups excluding tert-OH is 1. The topological polar surface area (TPSA) is 32.3 Å². The predicted molar refractivity (Wildman–Crippen MR) is 59.5 cm³/mol. The molecule has 2 nitrogen and oxygen atoms in total. The molecule has 1 atom stereocenters. The first-order valence-electron chi connectivity index (χ1n) is 4.85. The fourth-order valence-electron chi connectivity index (χ4n) is 1.20. The van der Waals surface area contributed by atoms with Gasteiger partial charge < -0.3 is 10.4 Å². The first kappa shape index (κ1) is 11.5. The van der Waals surface area contributed by atoms with Crippen molar-refractivity contribution in [3.8, 4) is 0 Å². The average molecular weight is 214 g/mol. The summed E-state index contributed by atoms with van der Waals surface area (Å²) in [4.78, 5) is 0. The smallest absolute Gasteiger partial charge is 0.0584 e. The van der Waals surface area contributed by atoms with Crippen LogP contribution in [0.4, 0.5) is 0 Å². The van der Waals surface area contributed by atoms with Crippen LogP contribution in [0.1, 0.15) is 18.9 Å². The molecule has 1 aromatic rings. The van der Waals surface area contributed by atoms with E-state index in [1.807, 2.05) is 24.3 Å². The van der Waals surface area contributed by atoms with Crippen molar-refractivity contribution in [1.82, 2.24) is 5.32 Å². The molecule has 14 heavy (non-hydrogen) atoms. The Labute approximate surface area is 89.9 Å². The lowest BCUT2D eigenvalue weighted by Gasteiger charge is -2.13. The van der Waals surface area contributed by atoms with Gasteiger partial charge in [0.15, 0.2) is 0 Å². The molecule has 2 N–H and O–H groups in total. The van der Waals surface area contributed by atoms with E-state index >= 15 is 0 Å². The predicted octanol–water partition coefficient (Wildman–Crippen LogP) is 2.20. The van der Waals surface area contributed by atoms with Gasteiger partial charge in [-0.2, -0.15) is 0 Å². The molecule has 0 aliphatic heterocycles. The molecule has 0 aliphatic rings. The molecule has 0 saturated carbocycles. The van der Waals surface area contributed by atoms with E-state index in [-0.39, 0.29) is 12.6 Å². The summed E-state index contributed by atoms with van der Waals surface area (Å²) in [6, 6.07) is 7.90. The Morgan fingerprint density at radius 1 is 1.36 bits per heavy atom. The summed E-state index contributed by atoms with van der Waals surface area (Å²) in [6.45, 7) is 3.01. The van der Waals surface area contributed by atoms with Gasteiger partial charge in [0.05, 0.1) is 6.61 Å². The third kappa shape index (κ3) is 3.66. The van der Waals surface area contributed by atoms with Gasteiger partial charge in [-0.3, -0.25) is 0 Å². The molecule has 0 aliphatic carbocycles. The molecular formula is C11H16ClNO. The van der Waals surface area contributed by atoms with Crippen LogP contribution in [0.5, 0.6) is 0 Å². The number of rotatable bonds is 5. The first-order chi connectivity index (χ1) is 6.76. The Morgan fingerprint density at radius 2 is 2.00 bits per heavy atom. The van der Waals surface area contributed by atoms with Crippen molar-refractivity contribution in [2.75, 3.05) is 6.61 Å². The largest absolute Gasteiger partial charge is 0.395 e. The van der Waals surface area contributed by atoms with Crippen LogP contribution >= 0.6 is 11.6 Å². The second-order valence-corrected chi connectivity index (χ2v) is 3.73. The Kier molecular flexibility index (Phi) is 4.94. The highest BCUT2D eigenvalue weighted by Gasteiger charge is 2.02. The van der Waals surface area contributed by atoms with Gasteiger partial charge in [-0.05, 0) is 24.1 Å². The minimum absolute atomic E-state index is 0.185. The van der Waals surface area contributed by atoms with Gasteiger partial charge in [-0.15, -0.1) is 0 Å². The Bertz CT molecular complexity index is 256. The maximum atomic E-state index is 8.96. The van der Waals surface area contributed by atoms with Crippen molar-refractivity contribution < 1.29 is 5.11 Å². The molecule has 0 heterocycles. The maximum Gasteiger partial charge on any atom is 0.0584 e. The first-order valence-corrected chi connectivity index (χ1v) is 5.22. The minimum Gasteiger partial charge on any atom is -0.395 e. The summed E-state index contributed by atoms with van der Waals surface area (Å²) in [5.41, 5.74) is 1.18. The van der Waals surface area contributed by atoms with Crippen LogP contribution in [0.2, 0.25) is 5.02 Å². The number of halogens is 1. The van der Waals surface area contributed by atoms with Crippen molar-refractivity contribution in [3.63, 3.8) is 0 Å². The van der Waals surface area contributed by atoms with Gasteiger partial charge in [-0.1, -0.05) is 30.7 Å². The third-order valence-electron chi connectivity index (χ3n) is 2.22. The van der Waals surface area contributed by atoms with Gasteiger partial charge in [0.1, 0.15) is 0 Å². The monoisotopic (exact) mass is 213 g/mol. The maximum absolute atomic E-state index is 8.96. The van der Waals surface area contributed by atoms with Crippen molar-refractivity contribution in [3.05, 3.63) is 34.9 Å². The van der Waals surface area contributed by atoms with E-state index in [2.05, 4.69) is 12.2 Å².